The van der Waals surface area contributed by atoms with Gasteiger partial charge in [0.25, 0.3) is 0 Å². The summed E-state index contributed by atoms with van der Waals surface area (Å²) in [5.41, 5.74) is 0.909. The highest BCUT2D eigenvalue weighted by molar-refractivity contribution is 9.10. The van der Waals surface area contributed by atoms with E-state index in [0.717, 1.165) is 55.8 Å². The minimum atomic E-state index is 0.262. The molecule has 0 aliphatic carbocycles. The molecule has 0 aromatic heterocycles. The van der Waals surface area contributed by atoms with Crippen LogP contribution in [0.1, 0.15) is 12.0 Å². The molecule has 1 aromatic carbocycles. The predicted octanol–water partition coefficient (Wildman–Crippen LogP) is 2.30. The van der Waals surface area contributed by atoms with Crippen molar-refractivity contribution >= 4 is 22.1 Å². The fraction of sp³-hybridized carbons (Fsp3) is 0.500. The Hall–Kier alpha value is -0.910. The second-order valence-electron chi connectivity index (χ2n) is 4.55. The number of ether oxygens (including phenoxy) is 1. The molecule has 1 fully saturated rings. The van der Waals surface area contributed by atoms with E-state index in [1.165, 1.54) is 0 Å². The molecule has 1 aromatic rings. The average Bonchev–Trinajstić information content (AvgIpc) is 2.43. The first-order valence-electron chi connectivity index (χ1n) is 6.54. The number of hydrogen-bond acceptors (Lipinski definition) is 4. The quantitative estimate of drug-likeness (QED) is 0.667. The van der Waals surface area contributed by atoms with Crippen molar-refractivity contribution in [3.8, 4) is 5.75 Å². The van der Waals surface area contributed by atoms with Crippen molar-refractivity contribution in [2.24, 2.45) is 4.99 Å². The number of hydrogen-bond donors (Lipinski definition) is 1. The van der Waals surface area contributed by atoms with Crippen molar-refractivity contribution in [3.05, 3.63) is 28.2 Å². The highest BCUT2D eigenvalue weighted by Crippen LogP contribution is 2.19. The van der Waals surface area contributed by atoms with E-state index in [9.17, 15) is 5.11 Å². The van der Waals surface area contributed by atoms with Gasteiger partial charge in [-0.25, -0.2) is 0 Å². The lowest BCUT2D eigenvalue weighted by atomic mass is 10.2. The molecule has 0 amide bonds. The molecule has 0 spiro atoms. The molecular weight excluding hydrogens is 308 g/mol. The molecule has 2 rings (SSSR count). The van der Waals surface area contributed by atoms with Crippen molar-refractivity contribution in [2.75, 3.05) is 39.4 Å². The Morgan fingerprint density at radius 3 is 2.95 bits per heavy atom. The molecule has 0 unspecified atom stereocenters. The third-order valence-electron chi connectivity index (χ3n) is 3.08. The van der Waals surface area contributed by atoms with E-state index in [4.69, 9.17) is 4.74 Å². The standard InChI is InChI=1S/C14H19BrN2O2/c15-14-3-2-13(18)10-12(14)11-16-4-1-5-17-6-8-19-9-7-17/h2-3,10-11,18H,1,4-9H2. The maximum absolute atomic E-state index is 9.41. The van der Waals surface area contributed by atoms with Gasteiger partial charge in [-0.1, -0.05) is 15.9 Å². The Bertz CT molecular complexity index is 431. The van der Waals surface area contributed by atoms with Crippen LogP contribution in [-0.4, -0.2) is 55.6 Å². The molecule has 1 heterocycles. The first kappa shape index (κ1) is 14.5. The third kappa shape index (κ3) is 4.93. The van der Waals surface area contributed by atoms with Crippen LogP contribution in [0.2, 0.25) is 0 Å². The third-order valence-corrected chi connectivity index (χ3v) is 3.80. The van der Waals surface area contributed by atoms with Crippen LogP contribution in [0, 0.1) is 0 Å². The Balaban J connectivity index is 1.72. The predicted molar refractivity (Wildman–Crippen MR) is 80.1 cm³/mol. The largest absolute Gasteiger partial charge is 0.508 e. The number of halogens is 1. The number of phenols is 1. The Morgan fingerprint density at radius 1 is 1.37 bits per heavy atom. The van der Waals surface area contributed by atoms with Gasteiger partial charge in [0.15, 0.2) is 0 Å². The van der Waals surface area contributed by atoms with Gasteiger partial charge in [0.2, 0.25) is 0 Å². The van der Waals surface area contributed by atoms with E-state index in [1.54, 1.807) is 12.1 Å². The van der Waals surface area contributed by atoms with Gasteiger partial charge in [0.1, 0.15) is 5.75 Å². The molecule has 104 valence electrons. The molecule has 5 heteroatoms. The van der Waals surface area contributed by atoms with E-state index in [0.29, 0.717) is 0 Å². The summed E-state index contributed by atoms with van der Waals surface area (Å²) < 4.78 is 6.26. The van der Waals surface area contributed by atoms with E-state index in [2.05, 4.69) is 25.8 Å². The lowest BCUT2D eigenvalue weighted by Gasteiger charge is -2.26. The topological polar surface area (TPSA) is 45.1 Å². The first-order valence-corrected chi connectivity index (χ1v) is 7.33. The minimum Gasteiger partial charge on any atom is -0.508 e. The fourth-order valence-corrected chi connectivity index (χ4v) is 2.35. The second kappa shape index (κ2) is 7.62. The number of phenolic OH excluding ortho intramolecular Hbond substituents is 1. The zero-order valence-corrected chi connectivity index (χ0v) is 12.5. The lowest BCUT2D eigenvalue weighted by molar-refractivity contribution is 0.0377. The van der Waals surface area contributed by atoms with Crippen LogP contribution in [0.5, 0.6) is 5.75 Å². The number of nitrogens with zero attached hydrogens (tertiary/aromatic N) is 2. The maximum Gasteiger partial charge on any atom is 0.116 e. The normalized spacial score (nSPS) is 17.1. The first-order chi connectivity index (χ1) is 9.25. The van der Waals surface area contributed by atoms with Gasteiger partial charge < -0.3 is 9.84 Å². The summed E-state index contributed by atoms with van der Waals surface area (Å²) in [5.74, 6) is 0.262. The SMILES string of the molecule is Oc1ccc(Br)c(C=NCCCN2CCOCC2)c1. The van der Waals surface area contributed by atoms with Crippen LogP contribution >= 0.6 is 15.9 Å². The summed E-state index contributed by atoms with van der Waals surface area (Å²) >= 11 is 3.44. The fourth-order valence-electron chi connectivity index (χ4n) is 2.00. The number of aliphatic imine (C=N–C) groups is 1. The van der Waals surface area contributed by atoms with Gasteiger partial charge in [-0.15, -0.1) is 0 Å². The van der Waals surface area contributed by atoms with E-state index >= 15 is 0 Å². The Labute approximate surface area is 122 Å². The molecule has 19 heavy (non-hydrogen) atoms. The molecule has 0 atom stereocenters. The van der Waals surface area contributed by atoms with E-state index in [1.807, 2.05) is 12.3 Å². The molecule has 4 nitrogen and oxygen atoms in total. The summed E-state index contributed by atoms with van der Waals surface area (Å²) in [6, 6.07) is 5.18. The van der Waals surface area contributed by atoms with Gasteiger partial charge in [-0.3, -0.25) is 9.89 Å². The number of aromatic hydroxyl groups is 1. The van der Waals surface area contributed by atoms with E-state index in [-0.39, 0.29) is 5.75 Å². The Morgan fingerprint density at radius 2 is 2.16 bits per heavy atom. The zero-order chi connectivity index (χ0) is 13.5. The number of morpholine rings is 1. The molecule has 0 radical (unpaired) electrons. The molecule has 0 bridgehead atoms. The Kier molecular flexibility index (Phi) is 5.82. The van der Waals surface area contributed by atoms with Gasteiger partial charge >= 0.3 is 0 Å². The molecule has 1 N–H and O–H groups in total. The molecular formula is C14H19BrN2O2. The van der Waals surface area contributed by atoms with Crippen LogP contribution in [-0.2, 0) is 4.74 Å². The van der Waals surface area contributed by atoms with Crippen molar-refractivity contribution in [2.45, 2.75) is 6.42 Å². The average molecular weight is 327 g/mol. The zero-order valence-electron chi connectivity index (χ0n) is 10.9. The van der Waals surface area contributed by atoms with Gasteiger partial charge in [0.05, 0.1) is 13.2 Å². The number of benzene rings is 1. The number of rotatable bonds is 5. The smallest absolute Gasteiger partial charge is 0.116 e. The monoisotopic (exact) mass is 326 g/mol. The highest BCUT2D eigenvalue weighted by atomic mass is 79.9. The van der Waals surface area contributed by atoms with Crippen LogP contribution < -0.4 is 0 Å². The molecule has 1 aliphatic heterocycles. The highest BCUT2D eigenvalue weighted by Gasteiger charge is 2.08. The van der Waals surface area contributed by atoms with Crippen molar-refractivity contribution in [1.82, 2.24) is 4.90 Å². The van der Waals surface area contributed by atoms with Gasteiger partial charge in [-0.2, -0.15) is 0 Å². The van der Waals surface area contributed by atoms with Crippen LogP contribution in [0.25, 0.3) is 0 Å². The summed E-state index contributed by atoms with van der Waals surface area (Å²) in [7, 11) is 0. The second-order valence-corrected chi connectivity index (χ2v) is 5.40. The van der Waals surface area contributed by atoms with Crippen molar-refractivity contribution in [3.63, 3.8) is 0 Å². The van der Waals surface area contributed by atoms with Gasteiger partial charge in [-0.05, 0) is 24.6 Å². The maximum atomic E-state index is 9.41. The van der Waals surface area contributed by atoms with Crippen LogP contribution in [0.3, 0.4) is 0 Å². The van der Waals surface area contributed by atoms with Gasteiger partial charge in [0, 0.05) is 42.4 Å². The molecule has 0 saturated carbocycles. The van der Waals surface area contributed by atoms with Crippen molar-refractivity contribution < 1.29 is 9.84 Å². The van der Waals surface area contributed by atoms with Crippen LogP contribution in [0.15, 0.2) is 27.7 Å². The molecule has 1 saturated heterocycles. The molecule has 1 aliphatic rings. The summed E-state index contributed by atoms with van der Waals surface area (Å²) in [5, 5.41) is 9.41. The lowest BCUT2D eigenvalue weighted by Crippen LogP contribution is -2.37. The summed E-state index contributed by atoms with van der Waals surface area (Å²) in [6.45, 7) is 5.63. The minimum absolute atomic E-state index is 0.262. The van der Waals surface area contributed by atoms with E-state index < -0.39 is 0 Å². The van der Waals surface area contributed by atoms with Crippen molar-refractivity contribution in [1.29, 1.82) is 0 Å². The van der Waals surface area contributed by atoms with Crippen LogP contribution in [0.4, 0.5) is 0 Å². The summed E-state index contributed by atoms with van der Waals surface area (Å²) in [6.07, 6.45) is 2.86. The summed E-state index contributed by atoms with van der Waals surface area (Å²) in [4.78, 5) is 6.81.